The quantitative estimate of drug-likeness (QED) is 0.895. The van der Waals surface area contributed by atoms with E-state index in [2.05, 4.69) is 5.10 Å². The first-order valence-corrected chi connectivity index (χ1v) is 6.16. The molecule has 106 valence electrons. The smallest absolute Gasteiger partial charge is 0.343 e. The minimum absolute atomic E-state index is 0.000505. The molecule has 1 aromatic carbocycles. The molecule has 6 nitrogen and oxygen atoms in total. The van der Waals surface area contributed by atoms with Crippen LogP contribution in [0.4, 0.5) is 0 Å². The third kappa shape index (κ3) is 2.20. The van der Waals surface area contributed by atoms with Crippen LogP contribution < -0.4 is 4.74 Å². The summed E-state index contributed by atoms with van der Waals surface area (Å²) >= 11 is 0. The molecule has 0 spiro atoms. The number of para-hydroxylation sites is 2. The number of hydrogen-bond donors (Lipinski definition) is 2. The predicted octanol–water partition coefficient (Wildman–Crippen LogP) is 2.41. The highest BCUT2D eigenvalue weighted by molar-refractivity contribution is 5.92. The Balaban J connectivity index is 2.75. The highest BCUT2D eigenvalue weighted by Crippen LogP contribution is 2.32. The molecule has 2 aromatic rings. The van der Waals surface area contributed by atoms with Gasteiger partial charge >= 0.3 is 5.97 Å². The largest absolute Gasteiger partial charge is 0.506 e. The van der Waals surface area contributed by atoms with Gasteiger partial charge < -0.3 is 14.9 Å². The van der Waals surface area contributed by atoms with Gasteiger partial charge in [0.1, 0.15) is 17.0 Å². The van der Waals surface area contributed by atoms with E-state index < -0.39 is 5.97 Å². The van der Waals surface area contributed by atoms with Gasteiger partial charge in [0.2, 0.25) is 5.88 Å². The first-order valence-electron chi connectivity index (χ1n) is 6.16. The molecule has 0 amide bonds. The number of aromatic hydroxyl groups is 1. The van der Waals surface area contributed by atoms with E-state index >= 15 is 0 Å². The Morgan fingerprint density at radius 2 is 2.00 bits per heavy atom. The molecular weight excluding hydrogens is 260 g/mol. The Labute approximate surface area is 116 Å². The third-order valence-electron chi connectivity index (χ3n) is 2.93. The molecule has 2 rings (SSSR count). The lowest BCUT2D eigenvalue weighted by molar-refractivity contribution is 0.0691. The van der Waals surface area contributed by atoms with E-state index in [1.54, 1.807) is 18.2 Å². The first-order chi connectivity index (χ1) is 9.47. The molecular formula is C14H16N2O4. The van der Waals surface area contributed by atoms with Crippen molar-refractivity contribution >= 4 is 5.97 Å². The monoisotopic (exact) mass is 276 g/mol. The average Bonchev–Trinajstić information content (AvgIpc) is 2.78. The van der Waals surface area contributed by atoms with Crippen LogP contribution in [0.5, 0.6) is 11.6 Å². The number of nitrogens with zero attached hydrogens (tertiary/aromatic N) is 2. The third-order valence-corrected chi connectivity index (χ3v) is 2.93. The highest BCUT2D eigenvalue weighted by atomic mass is 16.5. The van der Waals surface area contributed by atoms with Crippen molar-refractivity contribution in [3.8, 4) is 17.3 Å². The number of carbonyl (C=O) groups is 1. The number of carboxylic acids is 1. The van der Waals surface area contributed by atoms with Gasteiger partial charge in [-0.25, -0.2) is 4.79 Å². The van der Waals surface area contributed by atoms with E-state index in [0.29, 0.717) is 11.4 Å². The second-order valence-corrected chi connectivity index (χ2v) is 4.63. The van der Waals surface area contributed by atoms with Crippen LogP contribution >= 0.6 is 0 Å². The molecule has 0 aliphatic heterocycles. The Kier molecular flexibility index (Phi) is 3.65. The average molecular weight is 276 g/mol. The zero-order valence-corrected chi connectivity index (χ0v) is 11.5. The summed E-state index contributed by atoms with van der Waals surface area (Å²) < 4.78 is 6.50. The number of aromatic nitrogens is 2. The minimum atomic E-state index is -1.10. The van der Waals surface area contributed by atoms with E-state index in [-0.39, 0.29) is 23.1 Å². The topological polar surface area (TPSA) is 84.6 Å². The summed E-state index contributed by atoms with van der Waals surface area (Å²) in [5.41, 5.74) is 0.808. The number of benzene rings is 1. The number of hydrogen-bond acceptors (Lipinski definition) is 4. The fraction of sp³-hybridized carbons (Fsp3) is 0.286. The molecule has 0 atom stereocenters. The number of phenolic OH excluding ortho intramolecular Hbond substituents is 1. The number of ether oxygens (including phenoxy) is 1. The molecule has 0 radical (unpaired) electrons. The Bertz CT molecular complexity index is 647. The molecule has 0 fully saturated rings. The molecule has 0 unspecified atom stereocenters. The summed E-state index contributed by atoms with van der Waals surface area (Å²) in [7, 11) is 1.38. The second kappa shape index (κ2) is 5.24. The maximum absolute atomic E-state index is 11.4. The van der Waals surface area contributed by atoms with Crippen LogP contribution in [0.25, 0.3) is 5.69 Å². The van der Waals surface area contributed by atoms with Crippen molar-refractivity contribution in [3.05, 3.63) is 35.5 Å². The van der Waals surface area contributed by atoms with Gasteiger partial charge in [0, 0.05) is 0 Å². The van der Waals surface area contributed by atoms with Gasteiger partial charge in [-0.1, -0.05) is 26.0 Å². The molecule has 6 heteroatoms. The van der Waals surface area contributed by atoms with E-state index in [1.807, 2.05) is 13.8 Å². The fourth-order valence-corrected chi connectivity index (χ4v) is 2.02. The van der Waals surface area contributed by atoms with E-state index in [0.717, 1.165) is 0 Å². The van der Waals surface area contributed by atoms with Crippen LogP contribution in [0.2, 0.25) is 0 Å². The number of aromatic carboxylic acids is 1. The van der Waals surface area contributed by atoms with E-state index in [4.69, 9.17) is 4.74 Å². The Hall–Kier alpha value is -2.50. The molecule has 0 bridgehead atoms. The van der Waals surface area contributed by atoms with Crippen LogP contribution in [0.3, 0.4) is 0 Å². The second-order valence-electron chi connectivity index (χ2n) is 4.63. The zero-order chi connectivity index (χ0) is 14.9. The van der Waals surface area contributed by atoms with Gasteiger partial charge in [0.25, 0.3) is 0 Å². The van der Waals surface area contributed by atoms with Crippen LogP contribution in [-0.2, 0) is 0 Å². The molecule has 20 heavy (non-hydrogen) atoms. The zero-order valence-electron chi connectivity index (χ0n) is 11.5. The van der Waals surface area contributed by atoms with Gasteiger partial charge in [-0.05, 0) is 18.1 Å². The van der Waals surface area contributed by atoms with Crippen LogP contribution in [-0.4, -0.2) is 33.1 Å². The normalized spacial score (nSPS) is 10.8. The summed E-state index contributed by atoms with van der Waals surface area (Å²) in [4.78, 5) is 11.4. The molecule has 0 saturated heterocycles. The Morgan fingerprint density at radius 3 is 2.50 bits per heavy atom. The number of methoxy groups -OCH3 is 1. The van der Waals surface area contributed by atoms with Crippen molar-refractivity contribution in [3.63, 3.8) is 0 Å². The van der Waals surface area contributed by atoms with Gasteiger partial charge in [0.15, 0.2) is 0 Å². The SMILES string of the molecule is COc1c(C(=O)O)c(C(C)C)nn1-c1ccccc1O. The van der Waals surface area contributed by atoms with Gasteiger partial charge in [0.05, 0.1) is 12.8 Å². The first kappa shape index (κ1) is 13.9. The summed E-state index contributed by atoms with van der Waals surface area (Å²) in [6.07, 6.45) is 0. The Morgan fingerprint density at radius 1 is 1.35 bits per heavy atom. The van der Waals surface area contributed by atoms with Crippen molar-refractivity contribution in [1.29, 1.82) is 0 Å². The maximum Gasteiger partial charge on any atom is 0.343 e. The lowest BCUT2D eigenvalue weighted by Crippen LogP contribution is -2.04. The van der Waals surface area contributed by atoms with Crippen LogP contribution in [0.1, 0.15) is 35.8 Å². The summed E-state index contributed by atoms with van der Waals surface area (Å²) in [6, 6.07) is 6.55. The van der Waals surface area contributed by atoms with E-state index in [9.17, 15) is 15.0 Å². The van der Waals surface area contributed by atoms with Crippen molar-refractivity contribution in [1.82, 2.24) is 9.78 Å². The van der Waals surface area contributed by atoms with Gasteiger partial charge in [-0.3, -0.25) is 0 Å². The number of rotatable bonds is 4. The summed E-state index contributed by atoms with van der Waals surface area (Å²) in [5.74, 6) is -1.09. The molecule has 0 aliphatic carbocycles. The van der Waals surface area contributed by atoms with Gasteiger partial charge in [-0.15, -0.1) is 0 Å². The lowest BCUT2D eigenvalue weighted by Gasteiger charge is -2.08. The minimum Gasteiger partial charge on any atom is -0.506 e. The molecule has 0 aliphatic rings. The van der Waals surface area contributed by atoms with E-state index in [1.165, 1.54) is 17.9 Å². The maximum atomic E-state index is 11.4. The van der Waals surface area contributed by atoms with Crippen molar-refractivity contribution in [2.24, 2.45) is 0 Å². The summed E-state index contributed by atoms with van der Waals surface area (Å²) in [6.45, 7) is 3.70. The molecule has 2 N–H and O–H groups in total. The van der Waals surface area contributed by atoms with Crippen molar-refractivity contribution < 1.29 is 19.7 Å². The molecule has 0 saturated carbocycles. The number of carboxylic acid groups (broad SMARTS) is 1. The number of phenols is 1. The van der Waals surface area contributed by atoms with Crippen LogP contribution in [0.15, 0.2) is 24.3 Å². The molecule has 1 aromatic heterocycles. The van der Waals surface area contributed by atoms with Gasteiger partial charge in [-0.2, -0.15) is 9.78 Å². The molecule has 1 heterocycles. The standard InChI is InChI=1S/C14H16N2O4/c1-8(2)12-11(14(18)19)13(20-3)16(15-12)9-6-4-5-7-10(9)17/h4-8,17H,1-3H3,(H,18,19). The van der Waals surface area contributed by atoms with Crippen LogP contribution in [0, 0.1) is 0 Å². The predicted molar refractivity (Wildman–Crippen MR) is 72.8 cm³/mol. The summed E-state index contributed by atoms with van der Waals surface area (Å²) in [5, 5.41) is 23.5. The van der Waals surface area contributed by atoms with Crippen molar-refractivity contribution in [2.75, 3.05) is 7.11 Å². The highest BCUT2D eigenvalue weighted by Gasteiger charge is 2.27. The van der Waals surface area contributed by atoms with Crippen molar-refractivity contribution in [2.45, 2.75) is 19.8 Å². The lowest BCUT2D eigenvalue weighted by atomic mass is 10.1. The fourth-order valence-electron chi connectivity index (χ4n) is 2.02.